The molecule has 0 aromatic carbocycles. The fourth-order valence-electron chi connectivity index (χ4n) is 1.95. The molecule has 1 aliphatic heterocycles. The highest BCUT2D eigenvalue weighted by Crippen LogP contribution is 2.29. The minimum Gasteiger partial charge on any atom is -0.306 e. The molecule has 2 aromatic rings. The largest absolute Gasteiger partial charge is 0.306 e. The van der Waals surface area contributed by atoms with E-state index in [2.05, 4.69) is 32.3 Å². The van der Waals surface area contributed by atoms with Crippen LogP contribution in [0.4, 0.5) is 5.13 Å². The summed E-state index contributed by atoms with van der Waals surface area (Å²) in [6.45, 7) is 0.913. The molecule has 114 valence electrons. The van der Waals surface area contributed by atoms with Crippen molar-refractivity contribution in [1.29, 1.82) is 0 Å². The summed E-state index contributed by atoms with van der Waals surface area (Å²) in [4.78, 5) is 13.2. The molecule has 1 fully saturated rings. The molecule has 0 spiro atoms. The Bertz CT molecular complexity index is 569. The Labute approximate surface area is 141 Å². The lowest BCUT2D eigenvalue weighted by Crippen LogP contribution is -2.35. The number of halogens is 1. The van der Waals surface area contributed by atoms with Crippen molar-refractivity contribution in [3.8, 4) is 0 Å². The first-order chi connectivity index (χ1) is 9.81. The minimum absolute atomic E-state index is 0. The van der Waals surface area contributed by atoms with Gasteiger partial charge < -0.3 is 5.32 Å². The Balaban J connectivity index is 0.00000161. The van der Waals surface area contributed by atoms with Gasteiger partial charge in [-0.2, -0.15) is 0 Å². The van der Waals surface area contributed by atoms with E-state index < -0.39 is 0 Å². The molecule has 1 aliphatic rings. The zero-order valence-corrected chi connectivity index (χ0v) is 14.3. The molecule has 1 amide bonds. The highest BCUT2D eigenvalue weighted by molar-refractivity contribution is 8.00. The number of hydrogen-bond donors (Lipinski definition) is 2. The predicted octanol–water partition coefficient (Wildman–Crippen LogP) is 3.00. The van der Waals surface area contributed by atoms with Crippen LogP contribution in [-0.2, 0) is 10.5 Å². The van der Waals surface area contributed by atoms with E-state index in [-0.39, 0.29) is 24.4 Å². The van der Waals surface area contributed by atoms with Crippen molar-refractivity contribution in [3.63, 3.8) is 0 Å². The Hall–Kier alpha value is -0.670. The van der Waals surface area contributed by atoms with Crippen LogP contribution in [0.2, 0.25) is 0 Å². The third kappa shape index (κ3) is 4.65. The summed E-state index contributed by atoms with van der Waals surface area (Å²) >= 11 is 4.81. The van der Waals surface area contributed by atoms with Crippen molar-refractivity contribution in [1.82, 2.24) is 15.5 Å². The molecule has 1 atom stereocenters. The third-order valence-electron chi connectivity index (χ3n) is 2.93. The van der Waals surface area contributed by atoms with Crippen molar-refractivity contribution in [3.05, 3.63) is 22.4 Å². The number of carbonyl (C=O) groups is 1. The summed E-state index contributed by atoms with van der Waals surface area (Å²) in [5.74, 6) is 0.887. The fourth-order valence-corrected chi connectivity index (χ4v) is 4.48. The first kappa shape index (κ1) is 16.7. The highest BCUT2D eigenvalue weighted by Gasteiger charge is 2.22. The van der Waals surface area contributed by atoms with Crippen LogP contribution in [0.3, 0.4) is 0 Å². The van der Waals surface area contributed by atoms with Crippen LogP contribution in [0, 0.1) is 0 Å². The monoisotopic (exact) mass is 362 g/mol. The van der Waals surface area contributed by atoms with Crippen molar-refractivity contribution in [2.45, 2.75) is 29.0 Å². The maximum atomic E-state index is 11.9. The smallest absolute Gasteiger partial charge is 0.243 e. The lowest BCUT2D eigenvalue weighted by atomic mass is 10.2. The second kappa shape index (κ2) is 8.09. The Morgan fingerprint density at radius 2 is 2.43 bits per heavy atom. The van der Waals surface area contributed by atoms with Crippen molar-refractivity contribution in [2.75, 3.05) is 11.9 Å². The summed E-state index contributed by atoms with van der Waals surface area (Å²) in [5, 5.41) is 16.8. The lowest BCUT2D eigenvalue weighted by molar-refractivity contribution is -0.117. The molecular formula is C12H15ClN4OS3. The van der Waals surface area contributed by atoms with E-state index in [0.29, 0.717) is 5.13 Å². The molecule has 5 nitrogen and oxygen atoms in total. The van der Waals surface area contributed by atoms with Gasteiger partial charge in [-0.05, 0) is 30.8 Å². The van der Waals surface area contributed by atoms with Gasteiger partial charge in [0.15, 0.2) is 4.34 Å². The molecule has 1 saturated heterocycles. The summed E-state index contributed by atoms with van der Waals surface area (Å²) in [6, 6.07) is 4.06. The van der Waals surface area contributed by atoms with Gasteiger partial charge in [-0.15, -0.1) is 33.9 Å². The number of carbonyl (C=O) groups excluding carboxylic acids is 1. The SMILES string of the molecule is Cl.O=C(Nc1nnc(SCc2cccs2)s1)C1CCCN1. The van der Waals surface area contributed by atoms with E-state index in [0.717, 1.165) is 29.5 Å². The van der Waals surface area contributed by atoms with Crippen molar-refractivity contribution < 1.29 is 4.79 Å². The lowest BCUT2D eigenvalue weighted by Gasteiger charge is -2.07. The molecule has 0 radical (unpaired) electrons. The van der Waals surface area contributed by atoms with E-state index >= 15 is 0 Å². The quantitative estimate of drug-likeness (QED) is 0.632. The molecule has 21 heavy (non-hydrogen) atoms. The second-order valence-corrected chi connectivity index (χ2v) is 7.61. The van der Waals surface area contributed by atoms with Crippen LogP contribution >= 0.6 is 46.8 Å². The number of hydrogen-bond acceptors (Lipinski definition) is 7. The van der Waals surface area contributed by atoms with Gasteiger partial charge >= 0.3 is 0 Å². The maximum Gasteiger partial charge on any atom is 0.243 e. The van der Waals surface area contributed by atoms with Gasteiger partial charge in [0.1, 0.15) is 0 Å². The van der Waals surface area contributed by atoms with Gasteiger partial charge in [0, 0.05) is 10.6 Å². The number of rotatable bonds is 5. The first-order valence-corrected chi connectivity index (χ1v) is 9.02. The molecule has 0 aliphatic carbocycles. The molecule has 3 rings (SSSR count). The molecule has 9 heteroatoms. The van der Waals surface area contributed by atoms with Gasteiger partial charge in [0.25, 0.3) is 0 Å². The molecular weight excluding hydrogens is 348 g/mol. The molecule has 1 unspecified atom stereocenters. The summed E-state index contributed by atoms with van der Waals surface area (Å²) < 4.78 is 0.882. The molecule has 2 N–H and O–H groups in total. The van der Waals surface area contributed by atoms with E-state index in [1.807, 2.05) is 6.07 Å². The van der Waals surface area contributed by atoms with E-state index in [4.69, 9.17) is 0 Å². The van der Waals surface area contributed by atoms with Gasteiger partial charge in [-0.25, -0.2) is 0 Å². The number of nitrogens with one attached hydrogen (secondary N) is 2. The molecule has 2 aromatic heterocycles. The maximum absolute atomic E-state index is 11.9. The van der Waals surface area contributed by atoms with Crippen LogP contribution in [0.15, 0.2) is 21.9 Å². The third-order valence-corrected chi connectivity index (χ3v) is 6.01. The molecule has 0 saturated carbocycles. The van der Waals surface area contributed by atoms with Crippen molar-refractivity contribution in [2.24, 2.45) is 0 Å². The average molecular weight is 363 g/mol. The summed E-state index contributed by atoms with van der Waals surface area (Å²) in [7, 11) is 0. The first-order valence-electron chi connectivity index (χ1n) is 6.34. The number of anilines is 1. The zero-order chi connectivity index (χ0) is 13.8. The van der Waals surface area contributed by atoms with Crippen LogP contribution in [0.25, 0.3) is 0 Å². The van der Waals surface area contributed by atoms with Gasteiger partial charge in [-0.3, -0.25) is 10.1 Å². The van der Waals surface area contributed by atoms with Crippen LogP contribution in [0.1, 0.15) is 17.7 Å². The highest BCUT2D eigenvalue weighted by atomic mass is 35.5. The molecule has 3 heterocycles. The number of amides is 1. The van der Waals surface area contributed by atoms with E-state index in [9.17, 15) is 4.79 Å². The second-order valence-electron chi connectivity index (χ2n) is 4.38. The van der Waals surface area contributed by atoms with E-state index in [1.165, 1.54) is 16.2 Å². The van der Waals surface area contributed by atoms with Crippen LogP contribution in [0.5, 0.6) is 0 Å². The standard InChI is InChI=1S/C12H14N4OS3.ClH/c17-10(9-4-1-5-13-9)14-11-15-16-12(20-11)19-7-8-3-2-6-18-8;/h2-3,6,9,13H,1,4-5,7H2,(H,14,15,17);1H. The van der Waals surface area contributed by atoms with Crippen molar-refractivity contribution >= 4 is 57.9 Å². The van der Waals surface area contributed by atoms with Crippen LogP contribution < -0.4 is 10.6 Å². The topological polar surface area (TPSA) is 66.9 Å². The number of nitrogens with zero attached hydrogens (tertiary/aromatic N) is 2. The fraction of sp³-hybridized carbons (Fsp3) is 0.417. The zero-order valence-electron chi connectivity index (χ0n) is 11.1. The predicted molar refractivity (Wildman–Crippen MR) is 90.7 cm³/mol. The van der Waals surface area contributed by atoms with Gasteiger partial charge in [-0.1, -0.05) is 29.2 Å². The Kier molecular flexibility index (Phi) is 6.43. The van der Waals surface area contributed by atoms with E-state index in [1.54, 1.807) is 23.1 Å². The Morgan fingerprint density at radius 1 is 1.52 bits per heavy atom. The summed E-state index contributed by atoms with van der Waals surface area (Å²) in [5.41, 5.74) is 0. The minimum atomic E-state index is -0.0823. The average Bonchev–Trinajstić information content (AvgIpc) is 3.19. The Morgan fingerprint density at radius 3 is 3.14 bits per heavy atom. The van der Waals surface area contributed by atoms with Gasteiger partial charge in [0.2, 0.25) is 11.0 Å². The van der Waals surface area contributed by atoms with Gasteiger partial charge in [0.05, 0.1) is 6.04 Å². The summed E-state index contributed by atoms with van der Waals surface area (Å²) in [6.07, 6.45) is 1.95. The number of thiophene rings is 1. The number of thioether (sulfide) groups is 1. The number of aromatic nitrogens is 2. The normalized spacial score (nSPS) is 17.4. The molecule has 0 bridgehead atoms. The van der Waals surface area contributed by atoms with Crippen LogP contribution in [-0.4, -0.2) is 28.7 Å².